The fourth-order valence-electron chi connectivity index (χ4n) is 1.80. The summed E-state index contributed by atoms with van der Waals surface area (Å²) in [7, 11) is 1.54. The highest BCUT2D eigenvalue weighted by atomic mass is 16.5. The maximum Gasteiger partial charge on any atom is 0.158 e. The summed E-state index contributed by atoms with van der Waals surface area (Å²) in [6, 6.07) is 10.0. The molecule has 0 amide bonds. The van der Waals surface area contributed by atoms with Gasteiger partial charge in [0, 0.05) is 25.1 Å². The molecule has 88 valence electrons. The largest absolute Gasteiger partial charge is 0.377 e. The molecule has 0 aliphatic rings. The molecule has 0 bridgehead atoms. The average molecular weight is 229 g/mol. The van der Waals surface area contributed by atoms with E-state index in [1.54, 1.807) is 13.3 Å². The minimum Gasteiger partial charge on any atom is -0.377 e. The molecule has 2 rings (SSSR count). The average Bonchev–Trinajstić information content (AvgIpc) is 2.36. The Kier molecular flexibility index (Phi) is 3.83. The molecule has 3 heteroatoms. The predicted molar refractivity (Wildman–Crippen MR) is 66.9 cm³/mol. The zero-order valence-electron chi connectivity index (χ0n) is 9.85. The van der Waals surface area contributed by atoms with Crippen LogP contribution in [0.25, 0.3) is 10.9 Å². The highest BCUT2D eigenvalue weighted by Gasteiger charge is 2.02. The molecule has 17 heavy (non-hydrogen) atoms. The van der Waals surface area contributed by atoms with Gasteiger partial charge in [-0.05, 0) is 30.2 Å². The van der Waals surface area contributed by atoms with E-state index in [4.69, 9.17) is 4.74 Å². The quantitative estimate of drug-likeness (QED) is 0.790. The number of fused-ring (bicyclic) bond motifs is 1. The van der Waals surface area contributed by atoms with Gasteiger partial charge in [-0.1, -0.05) is 12.1 Å². The van der Waals surface area contributed by atoms with Crippen LogP contribution < -0.4 is 0 Å². The molecule has 0 radical (unpaired) electrons. The van der Waals surface area contributed by atoms with E-state index in [1.165, 1.54) is 0 Å². The molecule has 0 unspecified atom stereocenters. The van der Waals surface area contributed by atoms with Crippen molar-refractivity contribution in [1.29, 1.82) is 0 Å². The number of hydrogen-bond donors (Lipinski definition) is 0. The van der Waals surface area contributed by atoms with Crippen molar-refractivity contribution in [3.8, 4) is 0 Å². The van der Waals surface area contributed by atoms with E-state index in [9.17, 15) is 4.79 Å². The molecule has 1 aromatic heterocycles. The second-order valence-electron chi connectivity index (χ2n) is 4.00. The maximum absolute atomic E-state index is 11.3. The Hall–Kier alpha value is -1.74. The number of carbonyl (C=O) groups excluding carboxylic acids is 1. The summed E-state index contributed by atoms with van der Waals surface area (Å²) in [5.74, 6) is 0.138. The second-order valence-corrected chi connectivity index (χ2v) is 4.00. The fraction of sp³-hybridized carbons (Fsp3) is 0.286. The molecule has 0 atom stereocenters. The van der Waals surface area contributed by atoms with Crippen LogP contribution in [-0.2, 0) is 16.0 Å². The van der Waals surface area contributed by atoms with Crippen molar-refractivity contribution in [3.63, 3.8) is 0 Å². The highest BCUT2D eigenvalue weighted by Crippen LogP contribution is 2.14. The van der Waals surface area contributed by atoms with Gasteiger partial charge in [0.2, 0.25) is 0 Å². The van der Waals surface area contributed by atoms with Gasteiger partial charge in [-0.3, -0.25) is 9.78 Å². The lowest BCUT2D eigenvalue weighted by atomic mass is 10.1. The van der Waals surface area contributed by atoms with Gasteiger partial charge < -0.3 is 4.74 Å². The molecule has 2 aromatic rings. The number of pyridine rings is 1. The number of Topliss-reactive ketones (excluding diaryl/α,β-unsaturated/α-hetero) is 1. The standard InChI is InChI=1S/C14H15NO2/c1-17-10-13(16)6-4-11-5-7-14-12(9-11)3-2-8-15-14/h2-3,5,7-9H,4,6,10H2,1H3. The maximum atomic E-state index is 11.3. The molecule has 1 heterocycles. The van der Waals surface area contributed by atoms with Gasteiger partial charge in [-0.25, -0.2) is 0 Å². The Morgan fingerprint density at radius 3 is 3.06 bits per heavy atom. The van der Waals surface area contributed by atoms with Crippen LogP contribution in [0, 0.1) is 0 Å². The molecule has 0 N–H and O–H groups in total. The van der Waals surface area contributed by atoms with Gasteiger partial charge in [-0.15, -0.1) is 0 Å². The Labute approximate surface area is 100 Å². The van der Waals surface area contributed by atoms with E-state index in [2.05, 4.69) is 11.1 Å². The number of nitrogens with zero attached hydrogens (tertiary/aromatic N) is 1. The van der Waals surface area contributed by atoms with E-state index in [0.717, 1.165) is 22.9 Å². The summed E-state index contributed by atoms with van der Waals surface area (Å²) in [5.41, 5.74) is 2.15. The number of hydrogen-bond acceptors (Lipinski definition) is 3. The SMILES string of the molecule is COCC(=O)CCc1ccc2ncccc2c1. The molecule has 3 nitrogen and oxygen atoms in total. The van der Waals surface area contributed by atoms with Crippen LogP contribution in [0.3, 0.4) is 0 Å². The van der Waals surface area contributed by atoms with Gasteiger partial charge in [0.1, 0.15) is 6.61 Å². The smallest absolute Gasteiger partial charge is 0.158 e. The Morgan fingerprint density at radius 1 is 1.35 bits per heavy atom. The van der Waals surface area contributed by atoms with Gasteiger partial charge in [0.05, 0.1) is 5.52 Å². The van der Waals surface area contributed by atoms with Crippen LogP contribution >= 0.6 is 0 Å². The van der Waals surface area contributed by atoms with Crippen LogP contribution in [0.1, 0.15) is 12.0 Å². The summed E-state index contributed by atoms with van der Waals surface area (Å²) in [6.07, 6.45) is 3.07. The fourth-order valence-corrected chi connectivity index (χ4v) is 1.80. The summed E-state index contributed by atoms with van der Waals surface area (Å²) in [5, 5.41) is 1.11. The first kappa shape index (κ1) is 11.7. The second kappa shape index (κ2) is 5.55. The van der Waals surface area contributed by atoms with Crippen LogP contribution in [0.4, 0.5) is 0 Å². The minimum absolute atomic E-state index is 0.138. The minimum atomic E-state index is 0.138. The van der Waals surface area contributed by atoms with Gasteiger partial charge >= 0.3 is 0 Å². The van der Waals surface area contributed by atoms with Crippen molar-refractivity contribution >= 4 is 16.7 Å². The topological polar surface area (TPSA) is 39.2 Å². The summed E-state index contributed by atoms with van der Waals surface area (Å²) < 4.78 is 4.80. The van der Waals surface area contributed by atoms with E-state index < -0.39 is 0 Å². The monoisotopic (exact) mass is 229 g/mol. The molecule has 0 saturated carbocycles. The molecule has 0 aliphatic heterocycles. The summed E-state index contributed by atoms with van der Waals surface area (Å²) >= 11 is 0. The van der Waals surface area contributed by atoms with Crippen molar-refractivity contribution in [2.45, 2.75) is 12.8 Å². The van der Waals surface area contributed by atoms with E-state index in [0.29, 0.717) is 6.42 Å². The molecule has 0 saturated heterocycles. The van der Waals surface area contributed by atoms with E-state index in [1.807, 2.05) is 24.3 Å². The first-order valence-corrected chi connectivity index (χ1v) is 5.64. The van der Waals surface area contributed by atoms with Crippen LogP contribution in [-0.4, -0.2) is 24.5 Å². The molecule has 0 spiro atoms. The van der Waals surface area contributed by atoms with Gasteiger partial charge in [0.25, 0.3) is 0 Å². The predicted octanol–water partition coefficient (Wildman–Crippen LogP) is 2.38. The number of methoxy groups -OCH3 is 1. The third kappa shape index (κ3) is 3.11. The first-order valence-electron chi connectivity index (χ1n) is 5.64. The lowest BCUT2D eigenvalue weighted by Gasteiger charge is -2.03. The summed E-state index contributed by atoms with van der Waals surface area (Å²) in [4.78, 5) is 15.6. The van der Waals surface area contributed by atoms with Gasteiger partial charge in [-0.2, -0.15) is 0 Å². The van der Waals surface area contributed by atoms with Crippen LogP contribution in [0.15, 0.2) is 36.5 Å². The number of carbonyl (C=O) groups is 1. The zero-order valence-corrected chi connectivity index (χ0v) is 9.85. The normalized spacial score (nSPS) is 10.6. The molecule has 1 aromatic carbocycles. The van der Waals surface area contributed by atoms with Crippen LogP contribution in [0.2, 0.25) is 0 Å². The van der Waals surface area contributed by atoms with Crippen molar-refractivity contribution < 1.29 is 9.53 Å². The van der Waals surface area contributed by atoms with Crippen molar-refractivity contribution in [2.24, 2.45) is 0 Å². The van der Waals surface area contributed by atoms with Crippen LogP contribution in [0.5, 0.6) is 0 Å². The molecule has 0 aliphatic carbocycles. The van der Waals surface area contributed by atoms with Crippen molar-refractivity contribution in [3.05, 3.63) is 42.1 Å². The Bertz CT molecular complexity index is 522. The number of rotatable bonds is 5. The third-order valence-electron chi connectivity index (χ3n) is 2.67. The summed E-state index contributed by atoms with van der Waals surface area (Å²) in [6.45, 7) is 0.204. The zero-order chi connectivity index (χ0) is 12.1. The lowest BCUT2D eigenvalue weighted by molar-refractivity contribution is -0.122. The molecular formula is C14H15NO2. The Morgan fingerprint density at radius 2 is 2.24 bits per heavy atom. The van der Waals surface area contributed by atoms with Crippen molar-refractivity contribution in [2.75, 3.05) is 13.7 Å². The lowest BCUT2D eigenvalue weighted by Crippen LogP contribution is -2.07. The Balaban J connectivity index is 2.06. The highest BCUT2D eigenvalue weighted by molar-refractivity contribution is 5.81. The first-order chi connectivity index (χ1) is 8.29. The van der Waals surface area contributed by atoms with E-state index in [-0.39, 0.29) is 12.4 Å². The number of ketones is 1. The third-order valence-corrected chi connectivity index (χ3v) is 2.67. The van der Waals surface area contributed by atoms with E-state index >= 15 is 0 Å². The van der Waals surface area contributed by atoms with Gasteiger partial charge in [0.15, 0.2) is 5.78 Å². The molecular weight excluding hydrogens is 214 g/mol. The number of benzene rings is 1. The number of aryl methyl sites for hydroxylation is 1. The van der Waals surface area contributed by atoms with Crippen molar-refractivity contribution in [1.82, 2.24) is 4.98 Å². The number of ether oxygens (including phenoxy) is 1. The molecule has 0 fully saturated rings. The number of aromatic nitrogens is 1.